The predicted molar refractivity (Wildman–Crippen MR) is 51.9 cm³/mol. The van der Waals surface area contributed by atoms with Crippen LogP contribution in [0, 0.1) is 5.82 Å². The number of pyridine rings is 1. The molecule has 0 amide bonds. The van der Waals surface area contributed by atoms with Crippen molar-refractivity contribution in [1.29, 1.82) is 0 Å². The third-order valence-electron chi connectivity index (χ3n) is 1.87. The number of hydrogen-bond donors (Lipinski definition) is 0. The molecule has 1 heterocycles. The van der Waals surface area contributed by atoms with Gasteiger partial charge in [-0.1, -0.05) is 0 Å². The summed E-state index contributed by atoms with van der Waals surface area (Å²) in [5, 5.41) is 0.127. The molecular formula is C10H5ClFNO. The van der Waals surface area contributed by atoms with Gasteiger partial charge in [0, 0.05) is 17.6 Å². The van der Waals surface area contributed by atoms with Gasteiger partial charge >= 0.3 is 0 Å². The lowest BCUT2D eigenvalue weighted by Gasteiger charge is -1.98. The maximum absolute atomic E-state index is 12.8. The first kappa shape index (κ1) is 9.09. The summed E-state index contributed by atoms with van der Waals surface area (Å²) in [6.45, 7) is 0. The van der Waals surface area contributed by atoms with Crippen molar-refractivity contribution in [2.75, 3.05) is 0 Å². The van der Waals surface area contributed by atoms with Gasteiger partial charge in [-0.2, -0.15) is 0 Å². The highest BCUT2D eigenvalue weighted by atomic mass is 35.5. The Hall–Kier alpha value is -1.48. The van der Waals surface area contributed by atoms with Gasteiger partial charge in [-0.3, -0.25) is 9.78 Å². The quantitative estimate of drug-likeness (QED) is 0.676. The third kappa shape index (κ3) is 1.59. The van der Waals surface area contributed by atoms with E-state index in [1.165, 1.54) is 18.3 Å². The summed E-state index contributed by atoms with van der Waals surface area (Å²) < 4.78 is 12.8. The number of nitrogens with zero attached hydrogens (tertiary/aromatic N) is 1. The Bertz CT molecular complexity index is 512. The van der Waals surface area contributed by atoms with Crippen LogP contribution in [0.4, 0.5) is 4.39 Å². The molecule has 1 aromatic heterocycles. The van der Waals surface area contributed by atoms with Crippen LogP contribution in [0.3, 0.4) is 0 Å². The van der Waals surface area contributed by atoms with E-state index in [-0.39, 0.29) is 5.82 Å². The lowest BCUT2D eigenvalue weighted by Crippen LogP contribution is -1.90. The summed E-state index contributed by atoms with van der Waals surface area (Å²) in [6, 6.07) is 5.75. The van der Waals surface area contributed by atoms with Crippen molar-refractivity contribution in [2.24, 2.45) is 0 Å². The first-order valence-electron chi connectivity index (χ1n) is 3.92. The number of carbonyl (C=O) groups excluding carboxylic acids is 1. The molecule has 14 heavy (non-hydrogen) atoms. The van der Waals surface area contributed by atoms with E-state index in [0.29, 0.717) is 16.5 Å². The molecule has 0 spiro atoms. The fourth-order valence-corrected chi connectivity index (χ4v) is 1.31. The molecule has 0 saturated carbocycles. The molecule has 2 nitrogen and oxygen atoms in total. The Morgan fingerprint density at radius 3 is 2.86 bits per heavy atom. The fourth-order valence-electron chi connectivity index (χ4n) is 1.20. The minimum absolute atomic E-state index is 0.311. The zero-order valence-corrected chi connectivity index (χ0v) is 7.75. The normalized spacial score (nSPS) is 10.4. The minimum atomic E-state index is -0.566. The summed E-state index contributed by atoms with van der Waals surface area (Å²) in [5.74, 6) is -0.352. The third-order valence-corrected chi connectivity index (χ3v) is 2.09. The number of fused-ring (bicyclic) bond motifs is 1. The van der Waals surface area contributed by atoms with E-state index < -0.39 is 5.24 Å². The van der Waals surface area contributed by atoms with Crippen LogP contribution in [-0.2, 0) is 0 Å². The van der Waals surface area contributed by atoms with Crippen LogP contribution < -0.4 is 0 Å². The van der Waals surface area contributed by atoms with E-state index >= 15 is 0 Å². The second-order valence-electron chi connectivity index (χ2n) is 2.83. The predicted octanol–water partition coefficient (Wildman–Crippen LogP) is 2.75. The molecule has 0 bridgehead atoms. The first-order valence-corrected chi connectivity index (χ1v) is 4.30. The SMILES string of the molecule is O=C(Cl)c1cnc2cc(F)ccc2c1. The number of rotatable bonds is 1. The molecule has 0 atom stereocenters. The Morgan fingerprint density at radius 1 is 1.36 bits per heavy atom. The van der Waals surface area contributed by atoms with Crippen molar-refractivity contribution >= 4 is 27.7 Å². The van der Waals surface area contributed by atoms with Crippen LogP contribution in [0.25, 0.3) is 10.9 Å². The first-order chi connectivity index (χ1) is 6.66. The summed E-state index contributed by atoms with van der Waals surface area (Å²) in [6.07, 6.45) is 1.33. The number of halogens is 2. The zero-order valence-electron chi connectivity index (χ0n) is 7.00. The summed E-state index contributed by atoms with van der Waals surface area (Å²) in [4.78, 5) is 14.7. The minimum Gasteiger partial charge on any atom is -0.276 e. The van der Waals surface area contributed by atoms with Gasteiger partial charge in [0.15, 0.2) is 0 Å². The van der Waals surface area contributed by atoms with Crippen molar-refractivity contribution in [3.05, 3.63) is 41.8 Å². The summed E-state index contributed by atoms with van der Waals surface area (Å²) in [7, 11) is 0. The number of carbonyl (C=O) groups is 1. The molecule has 1 aromatic carbocycles. The molecule has 0 unspecified atom stereocenters. The molecule has 0 radical (unpaired) electrons. The van der Waals surface area contributed by atoms with Gasteiger partial charge in [-0.25, -0.2) is 4.39 Å². The van der Waals surface area contributed by atoms with Crippen molar-refractivity contribution in [1.82, 2.24) is 4.98 Å². The fraction of sp³-hybridized carbons (Fsp3) is 0. The maximum Gasteiger partial charge on any atom is 0.253 e. The molecule has 0 aliphatic rings. The monoisotopic (exact) mass is 209 g/mol. The summed E-state index contributed by atoms with van der Waals surface area (Å²) >= 11 is 5.28. The van der Waals surface area contributed by atoms with E-state index in [2.05, 4.69) is 4.98 Å². The zero-order chi connectivity index (χ0) is 10.1. The second kappa shape index (κ2) is 3.35. The number of hydrogen-bond acceptors (Lipinski definition) is 2. The van der Waals surface area contributed by atoms with Crippen molar-refractivity contribution in [3.8, 4) is 0 Å². The van der Waals surface area contributed by atoms with Gasteiger partial charge in [0.05, 0.1) is 11.1 Å². The van der Waals surface area contributed by atoms with Crippen LogP contribution >= 0.6 is 11.6 Å². The Morgan fingerprint density at radius 2 is 2.14 bits per heavy atom. The molecular weight excluding hydrogens is 205 g/mol. The molecule has 0 fully saturated rings. The number of aromatic nitrogens is 1. The maximum atomic E-state index is 12.8. The molecule has 2 aromatic rings. The molecule has 70 valence electrons. The van der Waals surface area contributed by atoms with Crippen LogP contribution in [0.15, 0.2) is 30.5 Å². The second-order valence-corrected chi connectivity index (χ2v) is 3.18. The van der Waals surface area contributed by atoms with E-state index in [1.54, 1.807) is 12.1 Å². The average molecular weight is 210 g/mol. The Balaban J connectivity index is 2.67. The lowest BCUT2D eigenvalue weighted by atomic mass is 10.2. The van der Waals surface area contributed by atoms with E-state index in [9.17, 15) is 9.18 Å². The van der Waals surface area contributed by atoms with Gasteiger partial charge in [-0.15, -0.1) is 0 Å². The van der Waals surface area contributed by atoms with Gasteiger partial charge in [0.25, 0.3) is 5.24 Å². The number of benzene rings is 1. The summed E-state index contributed by atoms with van der Waals surface area (Å²) in [5.41, 5.74) is 0.817. The molecule has 0 saturated heterocycles. The smallest absolute Gasteiger partial charge is 0.253 e. The molecule has 2 rings (SSSR count). The highest BCUT2D eigenvalue weighted by molar-refractivity contribution is 6.67. The van der Waals surface area contributed by atoms with Crippen molar-refractivity contribution in [3.63, 3.8) is 0 Å². The van der Waals surface area contributed by atoms with Gasteiger partial charge in [0.2, 0.25) is 0 Å². The van der Waals surface area contributed by atoms with Gasteiger partial charge in [-0.05, 0) is 29.8 Å². The molecule has 0 aliphatic heterocycles. The lowest BCUT2D eigenvalue weighted by molar-refractivity contribution is 0.108. The van der Waals surface area contributed by atoms with Crippen LogP contribution in [0.5, 0.6) is 0 Å². The Kier molecular flexibility index (Phi) is 2.17. The van der Waals surface area contributed by atoms with E-state index in [4.69, 9.17) is 11.6 Å². The molecule has 0 N–H and O–H groups in total. The van der Waals surface area contributed by atoms with Gasteiger partial charge < -0.3 is 0 Å². The highest BCUT2D eigenvalue weighted by Gasteiger charge is 2.04. The molecule has 4 heteroatoms. The van der Waals surface area contributed by atoms with Gasteiger partial charge in [0.1, 0.15) is 5.82 Å². The Labute approximate surface area is 84.3 Å². The van der Waals surface area contributed by atoms with Crippen molar-refractivity contribution in [2.45, 2.75) is 0 Å². The largest absolute Gasteiger partial charge is 0.276 e. The average Bonchev–Trinajstić information content (AvgIpc) is 2.16. The highest BCUT2D eigenvalue weighted by Crippen LogP contribution is 2.15. The molecule has 0 aliphatic carbocycles. The van der Waals surface area contributed by atoms with Crippen LogP contribution in [0.2, 0.25) is 0 Å². The van der Waals surface area contributed by atoms with Crippen molar-refractivity contribution < 1.29 is 9.18 Å². The topological polar surface area (TPSA) is 30.0 Å². The van der Waals surface area contributed by atoms with Crippen LogP contribution in [-0.4, -0.2) is 10.2 Å². The van der Waals surface area contributed by atoms with E-state index in [1.807, 2.05) is 0 Å². The van der Waals surface area contributed by atoms with E-state index in [0.717, 1.165) is 0 Å². The standard InChI is InChI=1S/C10H5ClFNO/c11-10(14)7-3-6-1-2-8(12)4-9(6)13-5-7/h1-5H. The van der Waals surface area contributed by atoms with Crippen LogP contribution in [0.1, 0.15) is 10.4 Å².